The molecule has 1 aliphatic rings. The molecule has 4 heteroatoms. The lowest BCUT2D eigenvalue weighted by atomic mass is 10.1. The van der Waals surface area contributed by atoms with Crippen molar-refractivity contribution in [1.29, 1.82) is 0 Å². The number of thioether (sulfide) groups is 1. The molecule has 0 fully saturated rings. The van der Waals surface area contributed by atoms with E-state index in [-0.39, 0.29) is 0 Å². The highest BCUT2D eigenvalue weighted by atomic mass is 32.2. The van der Waals surface area contributed by atoms with Gasteiger partial charge < -0.3 is 5.11 Å². The minimum Gasteiger partial charge on any atom is -0.480 e. The average molecular weight is 269 g/mol. The minimum absolute atomic E-state index is 0.608. The topological polar surface area (TPSA) is 49.7 Å². The van der Waals surface area contributed by atoms with Crippen molar-refractivity contribution >= 4 is 29.1 Å². The van der Waals surface area contributed by atoms with E-state index >= 15 is 0 Å². The number of aliphatic imine (C=N–C) groups is 1. The lowest BCUT2D eigenvalue weighted by Gasteiger charge is -2.21. The van der Waals surface area contributed by atoms with Crippen molar-refractivity contribution in [2.75, 3.05) is 0 Å². The molecule has 94 valence electrons. The summed E-state index contributed by atoms with van der Waals surface area (Å²) in [6, 6.07) is 17.1. The van der Waals surface area contributed by atoms with Crippen LogP contribution in [0.4, 0.5) is 5.69 Å². The van der Waals surface area contributed by atoms with Gasteiger partial charge in [-0.15, -0.1) is 11.8 Å². The molecule has 0 saturated carbocycles. The van der Waals surface area contributed by atoms with Crippen molar-refractivity contribution in [2.45, 2.75) is 10.1 Å². The van der Waals surface area contributed by atoms with Crippen LogP contribution in [0.1, 0.15) is 5.56 Å². The zero-order valence-electron chi connectivity index (χ0n) is 9.98. The van der Waals surface area contributed by atoms with E-state index < -0.39 is 11.2 Å². The van der Waals surface area contributed by atoms with E-state index in [1.54, 1.807) is 0 Å². The van der Waals surface area contributed by atoms with Gasteiger partial charge in [-0.2, -0.15) is 0 Å². The van der Waals surface area contributed by atoms with Gasteiger partial charge in [-0.3, -0.25) is 4.79 Å². The van der Waals surface area contributed by atoms with Gasteiger partial charge in [-0.05, 0) is 17.7 Å². The first kappa shape index (κ1) is 12.0. The Kier molecular flexibility index (Phi) is 3.09. The maximum absolute atomic E-state index is 11.4. The molecule has 19 heavy (non-hydrogen) atoms. The number of para-hydroxylation sites is 1. The molecule has 3 rings (SSSR count). The van der Waals surface area contributed by atoms with Crippen molar-refractivity contribution in [3.8, 4) is 0 Å². The number of carboxylic acids is 1. The van der Waals surface area contributed by atoms with E-state index in [9.17, 15) is 9.90 Å². The first-order valence-corrected chi connectivity index (χ1v) is 6.76. The molecule has 0 bridgehead atoms. The van der Waals surface area contributed by atoms with Crippen LogP contribution < -0.4 is 0 Å². The third-order valence-electron chi connectivity index (χ3n) is 2.89. The van der Waals surface area contributed by atoms with Gasteiger partial charge in [0.1, 0.15) is 5.25 Å². The minimum atomic E-state index is -0.859. The van der Waals surface area contributed by atoms with Crippen LogP contribution in [-0.2, 0) is 4.79 Å². The number of hydrogen-bond donors (Lipinski definition) is 1. The molecule has 1 N–H and O–H groups in total. The van der Waals surface area contributed by atoms with Gasteiger partial charge in [0.2, 0.25) is 0 Å². The molecule has 1 atom stereocenters. The zero-order chi connectivity index (χ0) is 13.2. The van der Waals surface area contributed by atoms with Crippen LogP contribution in [0, 0.1) is 0 Å². The summed E-state index contributed by atoms with van der Waals surface area (Å²) in [6.45, 7) is 0. The molecule has 1 heterocycles. The molecule has 0 amide bonds. The van der Waals surface area contributed by atoms with Crippen molar-refractivity contribution in [3.05, 3.63) is 60.2 Å². The predicted octanol–water partition coefficient (Wildman–Crippen LogP) is 3.37. The second-order valence-corrected chi connectivity index (χ2v) is 5.31. The monoisotopic (exact) mass is 269 g/mol. The number of fused-ring (bicyclic) bond motifs is 1. The molecule has 0 radical (unpaired) electrons. The van der Waals surface area contributed by atoms with Crippen molar-refractivity contribution in [3.63, 3.8) is 0 Å². The Hall–Kier alpha value is -2.07. The van der Waals surface area contributed by atoms with Gasteiger partial charge in [-0.25, -0.2) is 4.99 Å². The second kappa shape index (κ2) is 4.90. The molecule has 0 aromatic heterocycles. The van der Waals surface area contributed by atoms with Gasteiger partial charge >= 0.3 is 5.97 Å². The van der Waals surface area contributed by atoms with Crippen LogP contribution in [-0.4, -0.2) is 22.0 Å². The third-order valence-corrected chi connectivity index (χ3v) is 4.15. The van der Waals surface area contributed by atoms with E-state index in [1.807, 2.05) is 54.6 Å². The number of benzene rings is 2. The zero-order valence-corrected chi connectivity index (χ0v) is 10.8. The number of hydrogen-bond acceptors (Lipinski definition) is 3. The largest absolute Gasteiger partial charge is 0.480 e. The Morgan fingerprint density at radius 2 is 1.74 bits per heavy atom. The highest BCUT2D eigenvalue weighted by molar-refractivity contribution is 8.01. The predicted molar refractivity (Wildman–Crippen MR) is 76.4 cm³/mol. The fraction of sp³-hybridized carbons (Fsp3) is 0.0667. The smallest absolute Gasteiger partial charge is 0.323 e. The van der Waals surface area contributed by atoms with E-state index in [0.717, 1.165) is 16.1 Å². The van der Waals surface area contributed by atoms with Gasteiger partial charge in [0.15, 0.2) is 0 Å². The number of rotatable bonds is 2. The molecule has 2 aromatic rings. The van der Waals surface area contributed by atoms with Crippen LogP contribution in [0.25, 0.3) is 0 Å². The summed E-state index contributed by atoms with van der Waals surface area (Å²) in [5, 5.41) is 8.74. The van der Waals surface area contributed by atoms with E-state index in [2.05, 4.69) is 4.99 Å². The highest BCUT2D eigenvalue weighted by Gasteiger charge is 2.30. The average Bonchev–Trinajstić information content (AvgIpc) is 2.46. The molecule has 1 unspecified atom stereocenters. The summed E-state index contributed by atoms with van der Waals surface area (Å²) >= 11 is 1.34. The Bertz CT molecular complexity index is 652. The summed E-state index contributed by atoms with van der Waals surface area (Å²) in [5.41, 5.74) is 2.30. The molecular weight excluding hydrogens is 258 g/mol. The first-order chi connectivity index (χ1) is 9.25. The summed E-state index contributed by atoms with van der Waals surface area (Å²) in [5.74, 6) is -0.859. The summed E-state index contributed by atoms with van der Waals surface area (Å²) in [4.78, 5) is 16.9. The van der Waals surface area contributed by atoms with E-state index in [4.69, 9.17) is 0 Å². The maximum atomic E-state index is 11.4. The second-order valence-electron chi connectivity index (χ2n) is 4.17. The molecule has 0 spiro atoms. The Balaban J connectivity index is 2.13. The van der Waals surface area contributed by atoms with Gasteiger partial charge in [0.05, 0.1) is 11.4 Å². The standard InChI is InChI=1S/C15H11NO2S/c17-15(18)14-13(10-6-2-1-3-7-10)16-11-8-4-5-9-12(11)19-14/h1-9,14H,(H,17,18). The fourth-order valence-corrected chi connectivity index (χ4v) is 3.06. The normalized spacial score (nSPS) is 17.5. The highest BCUT2D eigenvalue weighted by Crippen LogP contribution is 2.39. The third kappa shape index (κ3) is 2.27. The summed E-state index contributed by atoms with van der Waals surface area (Å²) < 4.78 is 0. The number of nitrogens with zero attached hydrogens (tertiary/aromatic N) is 1. The van der Waals surface area contributed by atoms with Crippen LogP contribution in [0.3, 0.4) is 0 Å². The fourth-order valence-electron chi connectivity index (χ4n) is 2.01. The van der Waals surface area contributed by atoms with Gasteiger partial charge in [0.25, 0.3) is 0 Å². The van der Waals surface area contributed by atoms with Crippen LogP contribution in [0.15, 0.2) is 64.5 Å². The lowest BCUT2D eigenvalue weighted by molar-refractivity contribution is -0.135. The molecule has 1 aliphatic heterocycles. The number of carboxylic acid groups (broad SMARTS) is 1. The Labute approximate surface area is 115 Å². The molecule has 0 saturated heterocycles. The lowest BCUT2D eigenvalue weighted by Crippen LogP contribution is -2.29. The summed E-state index contributed by atoms with van der Waals surface area (Å²) in [7, 11) is 0. The van der Waals surface area contributed by atoms with Crippen LogP contribution in [0.2, 0.25) is 0 Å². The Morgan fingerprint density at radius 3 is 2.47 bits per heavy atom. The number of aliphatic carboxylic acids is 1. The summed E-state index contributed by atoms with van der Waals surface area (Å²) in [6.07, 6.45) is 0. The van der Waals surface area contributed by atoms with Crippen molar-refractivity contribution < 1.29 is 9.90 Å². The quantitative estimate of drug-likeness (QED) is 0.909. The maximum Gasteiger partial charge on any atom is 0.323 e. The van der Waals surface area contributed by atoms with Crippen molar-refractivity contribution in [2.24, 2.45) is 4.99 Å². The van der Waals surface area contributed by atoms with Crippen molar-refractivity contribution in [1.82, 2.24) is 0 Å². The molecule has 2 aromatic carbocycles. The van der Waals surface area contributed by atoms with Gasteiger partial charge in [-0.1, -0.05) is 42.5 Å². The van der Waals surface area contributed by atoms with Crippen LogP contribution in [0.5, 0.6) is 0 Å². The molecule has 0 aliphatic carbocycles. The van der Waals surface area contributed by atoms with E-state index in [1.165, 1.54) is 11.8 Å². The SMILES string of the molecule is O=C(O)C1Sc2ccccc2N=C1c1ccccc1. The molecular formula is C15H11NO2S. The first-order valence-electron chi connectivity index (χ1n) is 5.88. The number of carbonyl (C=O) groups is 1. The van der Waals surface area contributed by atoms with E-state index in [0.29, 0.717) is 5.71 Å². The van der Waals surface area contributed by atoms with Crippen LogP contribution >= 0.6 is 11.8 Å². The molecule has 3 nitrogen and oxygen atoms in total. The Morgan fingerprint density at radius 1 is 1.05 bits per heavy atom. The van der Waals surface area contributed by atoms with Gasteiger partial charge in [0, 0.05) is 4.90 Å².